The number of furan rings is 1. The van der Waals surface area contributed by atoms with Crippen molar-refractivity contribution in [1.29, 1.82) is 0 Å². The van der Waals surface area contributed by atoms with Gasteiger partial charge in [-0.25, -0.2) is 0 Å². The molecule has 8 heteroatoms. The quantitative estimate of drug-likeness (QED) is 0.274. The van der Waals surface area contributed by atoms with E-state index < -0.39 is 0 Å². The molecule has 0 spiro atoms. The van der Waals surface area contributed by atoms with Crippen LogP contribution in [-0.4, -0.2) is 36.3 Å². The van der Waals surface area contributed by atoms with Crippen LogP contribution in [0.3, 0.4) is 0 Å². The van der Waals surface area contributed by atoms with Crippen LogP contribution >= 0.6 is 23.4 Å². The van der Waals surface area contributed by atoms with Crippen LogP contribution in [0.2, 0.25) is 5.02 Å². The minimum atomic E-state index is -0.148. The Morgan fingerprint density at radius 1 is 1.06 bits per heavy atom. The van der Waals surface area contributed by atoms with E-state index in [-0.39, 0.29) is 12.5 Å². The summed E-state index contributed by atoms with van der Waals surface area (Å²) in [6, 6.07) is 18.9. The minimum Gasteiger partial charge on any atom is -0.467 e. The molecule has 2 heterocycles. The van der Waals surface area contributed by atoms with Gasteiger partial charge in [0.1, 0.15) is 5.76 Å². The van der Waals surface area contributed by atoms with E-state index in [0.29, 0.717) is 20.9 Å². The highest BCUT2D eigenvalue weighted by molar-refractivity contribution is 8.18. The molecule has 0 saturated carbocycles. The van der Waals surface area contributed by atoms with Crippen LogP contribution in [0, 0.1) is 0 Å². The average Bonchev–Trinajstić information content (AvgIpc) is 3.40. The van der Waals surface area contributed by atoms with E-state index in [2.05, 4.69) is 10.2 Å². The lowest BCUT2D eigenvalue weighted by Crippen LogP contribution is -2.28. The second-order valence-corrected chi connectivity index (χ2v) is 8.69. The molecule has 1 amide bonds. The predicted octanol–water partition coefficient (Wildman–Crippen LogP) is 5.51. The zero-order valence-corrected chi connectivity index (χ0v) is 19.2. The first-order valence-electron chi connectivity index (χ1n) is 9.87. The van der Waals surface area contributed by atoms with E-state index in [1.54, 1.807) is 35.6 Å². The number of nitrogens with zero attached hydrogens (tertiary/aromatic N) is 4. The molecule has 1 aromatic heterocycles. The summed E-state index contributed by atoms with van der Waals surface area (Å²) in [5.74, 6) is 0.522. The number of rotatable bonds is 6. The third kappa shape index (κ3) is 5.30. The zero-order valence-electron chi connectivity index (χ0n) is 17.6. The van der Waals surface area contributed by atoms with Gasteiger partial charge in [0, 0.05) is 24.8 Å². The molecule has 32 heavy (non-hydrogen) atoms. The maximum atomic E-state index is 13.1. The lowest BCUT2D eigenvalue weighted by Gasteiger charge is -2.12. The Labute approximate surface area is 195 Å². The second kappa shape index (κ2) is 9.89. The molecule has 6 nitrogen and oxygen atoms in total. The van der Waals surface area contributed by atoms with E-state index in [4.69, 9.17) is 16.0 Å². The van der Waals surface area contributed by atoms with Crippen molar-refractivity contribution in [1.82, 2.24) is 4.90 Å². The summed E-state index contributed by atoms with van der Waals surface area (Å²) in [5, 5.41) is 9.70. The van der Waals surface area contributed by atoms with Crippen molar-refractivity contribution in [3.05, 3.63) is 93.7 Å². The van der Waals surface area contributed by atoms with Crippen molar-refractivity contribution in [2.24, 2.45) is 10.2 Å². The Hall–Kier alpha value is -3.29. The lowest BCUT2D eigenvalue weighted by molar-refractivity contribution is -0.122. The molecule has 162 valence electrons. The Bertz CT molecular complexity index is 1170. The van der Waals surface area contributed by atoms with E-state index >= 15 is 0 Å². The maximum Gasteiger partial charge on any atom is 0.267 e. The highest BCUT2D eigenvalue weighted by Gasteiger charge is 2.34. The molecule has 0 bridgehead atoms. The summed E-state index contributed by atoms with van der Waals surface area (Å²) < 4.78 is 5.43. The number of benzene rings is 2. The maximum absolute atomic E-state index is 13.1. The van der Waals surface area contributed by atoms with Crippen LogP contribution in [-0.2, 0) is 11.3 Å². The summed E-state index contributed by atoms with van der Waals surface area (Å²) in [4.78, 5) is 17.2. The van der Waals surface area contributed by atoms with Gasteiger partial charge in [-0.3, -0.25) is 9.69 Å². The van der Waals surface area contributed by atoms with Crippen LogP contribution in [0.4, 0.5) is 5.69 Å². The fraction of sp³-hybridized carbons (Fsp3) is 0.125. The van der Waals surface area contributed by atoms with Crippen LogP contribution in [0.25, 0.3) is 6.08 Å². The molecule has 4 rings (SSSR count). The Morgan fingerprint density at radius 2 is 1.78 bits per heavy atom. The van der Waals surface area contributed by atoms with E-state index in [9.17, 15) is 4.79 Å². The Morgan fingerprint density at radius 3 is 2.44 bits per heavy atom. The molecule has 1 aliphatic rings. The fourth-order valence-electron chi connectivity index (χ4n) is 2.99. The van der Waals surface area contributed by atoms with Crippen LogP contribution in [0.15, 0.2) is 86.5 Å². The normalized spacial score (nSPS) is 16.6. The van der Waals surface area contributed by atoms with Crippen molar-refractivity contribution in [2.45, 2.75) is 6.54 Å². The van der Waals surface area contributed by atoms with E-state index in [1.165, 1.54) is 11.8 Å². The molecule has 1 aliphatic heterocycles. The van der Waals surface area contributed by atoms with Gasteiger partial charge in [0.15, 0.2) is 5.17 Å². The Kier molecular flexibility index (Phi) is 6.78. The average molecular weight is 465 g/mol. The number of amidine groups is 1. The zero-order chi connectivity index (χ0) is 22.5. The van der Waals surface area contributed by atoms with Gasteiger partial charge in [-0.2, -0.15) is 5.10 Å². The van der Waals surface area contributed by atoms with Gasteiger partial charge >= 0.3 is 0 Å². The van der Waals surface area contributed by atoms with Crippen molar-refractivity contribution in [2.75, 3.05) is 19.0 Å². The number of hydrogen-bond acceptors (Lipinski definition) is 6. The number of hydrogen-bond donors (Lipinski definition) is 0. The van der Waals surface area contributed by atoms with Crippen molar-refractivity contribution in [3.63, 3.8) is 0 Å². The summed E-state index contributed by atoms with van der Waals surface area (Å²) in [6.07, 6.45) is 5.08. The smallest absolute Gasteiger partial charge is 0.267 e. The van der Waals surface area contributed by atoms with Gasteiger partial charge in [0.05, 0.1) is 23.9 Å². The molecule has 0 unspecified atom stereocenters. The molecule has 0 atom stereocenters. The minimum absolute atomic E-state index is 0.148. The van der Waals surface area contributed by atoms with Crippen molar-refractivity contribution >= 4 is 52.4 Å². The number of anilines is 1. The molecule has 1 fully saturated rings. The summed E-state index contributed by atoms with van der Waals surface area (Å²) in [6.45, 7) is 0.280. The first-order chi connectivity index (χ1) is 15.5. The predicted molar refractivity (Wildman–Crippen MR) is 132 cm³/mol. The molecular weight excluding hydrogens is 444 g/mol. The summed E-state index contributed by atoms with van der Waals surface area (Å²) in [5.41, 5.74) is 2.91. The molecule has 3 aromatic rings. The highest BCUT2D eigenvalue weighted by atomic mass is 35.5. The van der Waals surface area contributed by atoms with Crippen molar-refractivity contribution < 1.29 is 9.21 Å². The van der Waals surface area contributed by atoms with Gasteiger partial charge in [-0.15, -0.1) is 5.10 Å². The molecule has 0 radical (unpaired) electrons. The third-order valence-corrected chi connectivity index (χ3v) is 5.96. The van der Waals surface area contributed by atoms with Gasteiger partial charge in [0.2, 0.25) is 0 Å². The monoisotopic (exact) mass is 464 g/mol. The van der Waals surface area contributed by atoms with E-state index in [0.717, 1.165) is 16.8 Å². The van der Waals surface area contributed by atoms with Crippen LogP contribution in [0.1, 0.15) is 16.9 Å². The van der Waals surface area contributed by atoms with Gasteiger partial charge in [-0.1, -0.05) is 35.9 Å². The van der Waals surface area contributed by atoms with E-state index in [1.807, 2.05) is 67.5 Å². The fourth-order valence-corrected chi connectivity index (χ4v) is 4.06. The second-order valence-electron chi connectivity index (χ2n) is 7.25. The first-order valence-corrected chi connectivity index (χ1v) is 11.1. The van der Waals surface area contributed by atoms with Gasteiger partial charge in [-0.05, 0) is 65.4 Å². The number of thioether (sulfide) groups is 1. The number of amides is 1. The van der Waals surface area contributed by atoms with Crippen molar-refractivity contribution in [3.8, 4) is 0 Å². The largest absolute Gasteiger partial charge is 0.467 e. The number of carbonyl (C=O) groups excluding carboxylic acids is 1. The topological polar surface area (TPSA) is 61.4 Å². The third-order valence-electron chi connectivity index (χ3n) is 4.71. The SMILES string of the molecule is CN(C)c1ccc(/C=N/N=C2\S/C(=C\c3ccc(Cl)cc3)C(=O)N2Cc2ccco2)cc1. The standard InChI is InChI=1S/C24H21ClN4O2S/c1-28(2)20-11-7-18(8-12-20)15-26-27-24-29(16-21-4-3-13-31-21)23(30)22(32-24)14-17-5-9-19(25)10-6-17/h3-15H,16H2,1-2H3/b22-14-,26-15+,27-24-. The number of carbonyl (C=O) groups is 1. The first kappa shape index (κ1) is 21.9. The van der Waals surface area contributed by atoms with Gasteiger partial charge in [0.25, 0.3) is 5.91 Å². The number of halogens is 1. The van der Waals surface area contributed by atoms with Gasteiger partial charge < -0.3 is 9.32 Å². The summed E-state index contributed by atoms with van der Waals surface area (Å²) in [7, 11) is 3.98. The van der Waals surface area contributed by atoms with Crippen LogP contribution in [0.5, 0.6) is 0 Å². The van der Waals surface area contributed by atoms with Crippen LogP contribution < -0.4 is 4.90 Å². The molecule has 0 N–H and O–H groups in total. The molecule has 2 aromatic carbocycles. The highest BCUT2D eigenvalue weighted by Crippen LogP contribution is 2.34. The molecular formula is C24H21ClN4O2S. The molecule has 0 aliphatic carbocycles. The lowest BCUT2D eigenvalue weighted by atomic mass is 10.2. The molecule has 1 saturated heterocycles. The Balaban J connectivity index is 1.58. The summed E-state index contributed by atoms with van der Waals surface area (Å²) >= 11 is 7.25.